The van der Waals surface area contributed by atoms with E-state index in [4.69, 9.17) is 9.47 Å². The minimum absolute atomic E-state index is 0.0706. The molecule has 0 spiro atoms. The minimum atomic E-state index is -4.96. The van der Waals surface area contributed by atoms with E-state index in [0.29, 0.717) is 34.4 Å². The van der Waals surface area contributed by atoms with Crippen LogP contribution in [0, 0.1) is 0 Å². The van der Waals surface area contributed by atoms with E-state index in [1.54, 1.807) is 18.2 Å². The Morgan fingerprint density at radius 3 is 1.87 bits per heavy atom. The molecule has 0 N–H and O–H groups in total. The maximum Gasteiger partial charge on any atom is 0.416 e. The normalized spacial score (nSPS) is 12.1. The second-order valence-electron chi connectivity index (χ2n) is 6.36. The highest BCUT2D eigenvalue weighted by Gasteiger charge is 2.37. The maximum absolute atomic E-state index is 13.2. The molecule has 9 heteroatoms. The molecule has 0 aliphatic carbocycles. The predicted octanol–water partition coefficient (Wildman–Crippen LogP) is 6.35. The molecule has 0 saturated carbocycles. The van der Waals surface area contributed by atoms with Gasteiger partial charge in [-0.3, -0.25) is 4.98 Å². The summed E-state index contributed by atoms with van der Waals surface area (Å²) in [6.07, 6.45) is -8.54. The van der Waals surface area contributed by atoms with Crippen molar-refractivity contribution in [2.45, 2.75) is 12.4 Å². The van der Waals surface area contributed by atoms with E-state index in [0.717, 1.165) is 0 Å². The van der Waals surface area contributed by atoms with Crippen LogP contribution >= 0.6 is 0 Å². The van der Waals surface area contributed by atoms with E-state index in [-0.39, 0.29) is 22.9 Å². The van der Waals surface area contributed by atoms with Crippen molar-refractivity contribution < 1.29 is 35.8 Å². The molecule has 0 fully saturated rings. The van der Waals surface area contributed by atoms with Gasteiger partial charge in [0.25, 0.3) is 0 Å². The fourth-order valence-corrected chi connectivity index (χ4v) is 3.01. The lowest BCUT2D eigenvalue weighted by Crippen LogP contribution is -2.12. The average molecular weight is 427 g/mol. The summed E-state index contributed by atoms with van der Waals surface area (Å²) in [6, 6.07) is 6.11. The van der Waals surface area contributed by atoms with Gasteiger partial charge in [0.2, 0.25) is 0 Å². The third kappa shape index (κ3) is 4.05. The smallest absolute Gasteiger partial charge is 0.416 e. The highest BCUT2D eigenvalue weighted by atomic mass is 19.4. The molecule has 3 rings (SSSR count). The van der Waals surface area contributed by atoms with Gasteiger partial charge in [-0.25, -0.2) is 0 Å². The number of alkyl halides is 6. The fourth-order valence-electron chi connectivity index (χ4n) is 3.01. The molecule has 0 aliphatic rings. The molecule has 3 nitrogen and oxygen atoms in total. The van der Waals surface area contributed by atoms with Crippen LogP contribution in [0.5, 0.6) is 11.5 Å². The monoisotopic (exact) mass is 427 g/mol. The molecule has 0 unspecified atom stereocenters. The van der Waals surface area contributed by atoms with E-state index in [2.05, 4.69) is 11.6 Å². The number of halogens is 6. The largest absolute Gasteiger partial charge is 0.493 e. The quantitative estimate of drug-likeness (QED) is 0.455. The average Bonchev–Trinajstić information content (AvgIpc) is 2.70. The number of aromatic nitrogens is 1. The van der Waals surface area contributed by atoms with Gasteiger partial charge >= 0.3 is 12.4 Å². The van der Waals surface area contributed by atoms with Gasteiger partial charge in [0, 0.05) is 17.2 Å². The Hall–Kier alpha value is -3.23. The number of nitrogens with zero attached hydrogens (tertiary/aromatic N) is 1. The van der Waals surface area contributed by atoms with E-state index in [1.807, 2.05) is 0 Å². The Labute approximate surface area is 167 Å². The lowest BCUT2D eigenvalue weighted by molar-refractivity contribution is -0.143. The Morgan fingerprint density at radius 1 is 0.833 bits per heavy atom. The third-order valence-corrected chi connectivity index (χ3v) is 4.49. The number of rotatable bonds is 4. The molecule has 2 aromatic carbocycles. The molecular formula is C21H15F6NO2. The topological polar surface area (TPSA) is 31.4 Å². The molecule has 3 aromatic rings. The first-order valence-electron chi connectivity index (χ1n) is 8.45. The summed E-state index contributed by atoms with van der Waals surface area (Å²) in [5.74, 6) is 0.735. The standard InChI is InChI=1S/C21H15F6NO2/c1-11(13-6-14(20(22,23)24)9-15(7-13)21(25,26)27)19-16-10-18(30-3)17(29-2)8-12(16)4-5-28-19/h4-10H,1H2,2-3H3. The van der Waals surface area contributed by atoms with Crippen LogP contribution in [-0.2, 0) is 12.4 Å². The van der Waals surface area contributed by atoms with Gasteiger partial charge in [-0.2, -0.15) is 26.3 Å². The molecule has 0 radical (unpaired) electrons. The van der Waals surface area contributed by atoms with Gasteiger partial charge in [0.05, 0.1) is 31.0 Å². The molecule has 0 saturated heterocycles. The van der Waals surface area contributed by atoms with Crippen LogP contribution in [0.4, 0.5) is 26.3 Å². The lowest BCUT2D eigenvalue weighted by Gasteiger charge is -2.16. The second-order valence-corrected chi connectivity index (χ2v) is 6.36. The summed E-state index contributed by atoms with van der Waals surface area (Å²) >= 11 is 0. The Kier molecular flexibility index (Phi) is 5.40. The molecular weight excluding hydrogens is 412 g/mol. The second kappa shape index (κ2) is 7.55. The zero-order chi connectivity index (χ0) is 22.3. The maximum atomic E-state index is 13.2. The van der Waals surface area contributed by atoms with Crippen LogP contribution in [0.15, 0.2) is 49.2 Å². The fraction of sp³-hybridized carbons (Fsp3) is 0.190. The molecule has 30 heavy (non-hydrogen) atoms. The van der Waals surface area contributed by atoms with Gasteiger partial charge < -0.3 is 9.47 Å². The van der Waals surface area contributed by atoms with Crippen LogP contribution in [0.1, 0.15) is 22.4 Å². The molecule has 0 aliphatic heterocycles. The van der Waals surface area contributed by atoms with E-state index in [1.165, 1.54) is 20.4 Å². The van der Waals surface area contributed by atoms with E-state index < -0.39 is 23.5 Å². The molecule has 1 aromatic heterocycles. The van der Waals surface area contributed by atoms with Crippen molar-refractivity contribution in [1.82, 2.24) is 4.98 Å². The first kappa shape index (κ1) is 21.5. The van der Waals surface area contributed by atoms with Gasteiger partial charge in [-0.15, -0.1) is 0 Å². The number of ether oxygens (including phenoxy) is 2. The van der Waals surface area contributed by atoms with Gasteiger partial charge in [0.1, 0.15) is 0 Å². The molecule has 158 valence electrons. The van der Waals surface area contributed by atoms with Crippen LogP contribution in [-0.4, -0.2) is 19.2 Å². The van der Waals surface area contributed by atoms with Crippen molar-refractivity contribution >= 4 is 16.3 Å². The molecule has 0 amide bonds. The number of benzene rings is 2. The Balaban J connectivity index is 2.23. The number of pyridine rings is 1. The summed E-state index contributed by atoms with van der Waals surface area (Å²) in [6.45, 7) is 3.72. The summed E-state index contributed by atoms with van der Waals surface area (Å²) in [5, 5.41) is 1.04. The molecule has 0 bridgehead atoms. The molecule has 0 atom stereocenters. The Morgan fingerprint density at radius 2 is 1.37 bits per heavy atom. The van der Waals surface area contributed by atoms with Crippen molar-refractivity contribution in [3.05, 3.63) is 71.6 Å². The van der Waals surface area contributed by atoms with Crippen molar-refractivity contribution in [3.8, 4) is 11.5 Å². The third-order valence-electron chi connectivity index (χ3n) is 4.49. The van der Waals surface area contributed by atoms with Crippen LogP contribution in [0.3, 0.4) is 0 Å². The van der Waals surface area contributed by atoms with Crippen LogP contribution in [0.2, 0.25) is 0 Å². The Bertz CT molecular complexity index is 1090. The van der Waals surface area contributed by atoms with Crippen molar-refractivity contribution in [1.29, 1.82) is 0 Å². The summed E-state index contributed by atoms with van der Waals surface area (Å²) in [7, 11) is 2.84. The first-order chi connectivity index (χ1) is 14.0. The van der Waals surface area contributed by atoms with Crippen molar-refractivity contribution in [3.63, 3.8) is 0 Å². The summed E-state index contributed by atoms with van der Waals surface area (Å²) < 4.78 is 89.6. The zero-order valence-corrected chi connectivity index (χ0v) is 15.8. The van der Waals surface area contributed by atoms with E-state index in [9.17, 15) is 26.3 Å². The summed E-state index contributed by atoms with van der Waals surface area (Å²) in [5.41, 5.74) is -3.15. The van der Waals surface area contributed by atoms with Crippen molar-refractivity contribution in [2.75, 3.05) is 14.2 Å². The first-order valence-corrected chi connectivity index (χ1v) is 8.45. The van der Waals surface area contributed by atoms with E-state index >= 15 is 0 Å². The van der Waals surface area contributed by atoms with Gasteiger partial charge in [-0.05, 0) is 47.3 Å². The van der Waals surface area contributed by atoms with Gasteiger partial charge in [-0.1, -0.05) is 6.58 Å². The summed E-state index contributed by atoms with van der Waals surface area (Å²) in [4.78, 5) is 4.14. The van der Waals surface area contributed by atoms with Crippen LogP contribution < -0.4 is 9.47 Å². The predicted molar refractivity (Wildman–Crippen MR) is 99.4 cm³/mol. The number of methoxy groups -OCH3 is 2. The number of fused-ring (bicyclic) bond motifs is 1. The van der Waals surface area contributed by atoms with Crippen LogP contribution in [0.25, 0.3) is 16.3 Å². The number of hydrogen-bond acceptors (Lipinski definition) is 3. The number of hydrogen-bond donors (Lipinski definition) is 0. The highest BCUT2D eigenvalue weighted by Crippen LogP contribution is 2.40. The highest BCUT2D eigenvalue weighted by molar-refractivity contribution is 5.97. The lowest BCUT2D eigenvalue weighted by atomic mass is 9.95. The zero-order valence-electron chi connectivity index (χ0n) is 15.8. The van der Waals surface area contributed by atoms with Crippen molar-refractivity contribution in [2.24, 2.45) is 0 Å². The molecule has 1 heterocycles. The van der Waals surface area contributed by atoms with Gasteiger partial charge in [0.15, 0.2) is 11.5 Å². The minimum Gasteiger partial charge on any atom is -0.493 e. The SMILES string of the molecule is C=C(c1cc(C(F)(F)F)cc(C(F)(F)F)c1)c1nccc2cc(OC)c(OC)cc12.